The number of ether oxygens (including phenoxy) is 1. The molecule has 0 saturated carbocycles. The Hall–Kier alpha value is 0.0669. The fourth-order valence-corrected chi connectivity index (χ4v) is 2.20. The number of halogens is 1. The highest BCUT2D eigenvalue weighted by Crippen LogP contribution is 2.11. The van der Waals surface area contributed by atoms with Crippen molar-refractivity contribution in [1.82, 2.24) is 0 Å². The lowest BCUT2D eigenvalue weighted by Crippen LogP contribution is -2.37. The molecule has 12 heavy (non-hydrogen) atoms. The predicted molar refractivity (Wildman–Crippen MR) is 50.4 cm³/mol. The number of hydrogen-bond donors (Lipinski definition) is 0. The molecule has 0 aromatic heterocycles. The van der Waals surface area contributed by atoms with Crippen molar-refractivity contribution in [3.05, 3.63) is 0 Å². The molecule has 0 bridgehead atoms. The Kier molecular flexibility index (Phi) is 4.97. The molecular weight excluding hydrogens is 175 g/mol. The van der Waals surface area contributed by atoms with Gasteiger partial charge in [-0.15, -0.1) is 0 Å². The molecule has 0 amide bonds. The van der Waals surface area contributed by atoms with Crippen molar-refractivity contribution < 1.29 is 13.6 Å². The van der Waals surface area contributed by atoms with Crippen LogP contribution in [0.15, 0.2) is 0 Å². The Morgan fingerprint density at radius 2 is 1.67 bits per heavy atom. The molecule has 0 N–H and O–H groups in total. The van der Waals surface area contributed by atoms with Crippen LogP contribution in [0.4, 0.5) is 4.39 Å². The summed E-state index contributed by atoms with van der Waals surface area (Å²) in [6.07, 6.45) is -0.186. The molecular formula is C8H19FO2Si. The van der Waals surface area contributed by atoms with Crippen molar-refractivity contribution in [2.75, 3.05) is 6.86 Å². The summed E-state index contributed by atoms with van der Waals surface area (Å²) < 4.78 is 22.2. The van der Waals surface area contributed by atoms with Crippen LogP contribution in [-0.2, 0) is 9.16 Å². The van der Waals surface area contributed by atoms with E-state index in [2.05, 4.69) is 19.6 Å². The van der Waals surface area contributed by atoms with Gasteiger partial charge < -0.3 is 9.16 Å². The third-order valence-corrected chi connectivity index (χ3v) is 2.61. The lowest BCUT2D eigenvalue weighted by Gasteiger charge is -2.27. The van der Waals surface area contributed by atoms with Gasteiger partial charge in [-0.3, -0.25) is 0 Å². The van der Waals surface area contributed by atoms with Crippen molar-refractivity contribution in [1.29, 1.82) is 0 Å². The van der Waals surface area contributed by atoms with Gasteiger partial charge >= 0.3 is 0 Å². The standard InChI is InChI=1S/C8H19FO2Si/c1-7(10-6-9)8(2)11-12(3,4)5/h7-8H,6H2,1-5H3. The van der Waals surface area contributed by atoms with E-state index in [0.29, 0.717) is 0 Å². The Labute approximate surface area is 75.2 Å². The van der Waals surface area contributed by atoms with Crippen LogP contribution in [-0.4, -0.2) is 27.4 Å². The lowest BCUT2D eigenvalue weighted by atomic mass is 10.3. The predicted octanol–water partition coefficient (Wildman–Crippen LogP) is 2.56. The Morgan fingerprint density at radius 1 is 1.17 bits per heavy atom. The maximum Gasteiger partial charge on any atom is 0.188 e. The van der Waals surface area contributed by atoms with E-state index >= 15 is 0 Å². The van der Waals surface area contributed by atoms with Crippen LogP contribution in [0.5, 0.6) is 0 Å². The smallest absolute Gasteiger partial charge is 0.188 e. The number of rotatable bonds is 5. The van der Waals surface area contributed by atoms with Gasteiger partial charge in [-0.25, -0.2) is 4.39 Å². The summed E-state index contributed by atoms with van der Waals surface area (Å²) in [5, 5.41) is 0. The minimum Gasteiger partial charge on any atom is -0.412 e. The fourth-order valence-electron chi connectivity index (χ4n) is 0.888. The van der Waals surface area contributed by atoms with Crippen LogP contribution in [0.3, 0.4) is 0 Å². The molecule has 0 saturated heterocycles. The van der Waals surface area contributed by atoms with E-state index in [4.69, 9.17) is 9.16 Å². The molecule has 0 fully saturated rings. The molecule has 0 aliphatic carbocycles. The second kappa shape index (κ2) is 4.94. The third kappa shape index (κ3) is 5.68. The zero-order valence-corrected chi connectivity index (χ0v) is 9.56. The van der Waals surface area contributed by atoms with Gasteiger partial charge in [0.1, 0.15) is 0 Å². The zero-order chi connectivity index (χ0) is 9.78. The molecule has 0 rings (SSSR count). The van der Waals surface area contributed by atoms with Crippen molar-refractivity contribution in [2.45, 2.75) is 45.7 Å². The molecule has 0 aromatic carbocycles. The normalized spacial score (nSPS) is 17.5. The molecule has 0 aliphatic heterocycles. The summed E-state index contributed by atoms with van der Waals surface area (Å²) in [7, 11) is -1.51. The second-order valence-corrected chi connectivity index (χ2v) is 8.38. The van der Waals surface area contributed by atoms with E-state index in [9.17, 15) is 4.39 Å². The average molecular weight is 194 g/mol. The summed E-state index contributed by atoms with van der Waals surface area (Å²) in [4.78, 5) is 0. The second-order valence-electron chi connectivity index (χ2n) is 3.92. The van der Waals surface area contributed by atoms with Gasteiger partial charge in [-0.1, -0.05) is 0 Å². The van der Waals surface area contributed by atoms with Gasteiger partial charge in [0.15, 0.2) is 15.2 Å². The molecule has 74 valence electrons. The highest BCUT2D eigenvalue weighted by atomic mass is 28.4. The third-order valence-electron chi connectivity index (χ3n) is 1.53. The topological polar surface area (TPSA) is 18.5 Å². The number of hydrogen-bond acceptors (Lipinski definition) is 2. The van der Waals surface area contributed by atoms with Crippen LogP contribution >= 0.6 is 0 Å². The first-order valence-electron chi connectivity index (χ1n) is 4.22. The SMILES string of the molecule is CC(OCF)C(C)O[Si](C)(C)C. The van der Waals surface area contributed by atoms with Gasteiger partial charge in [0.25, 0.3) is 0 Å². The van der Waals surface area contributed by atoms with Gasteiger partial charge in [0.05, 0.1) is 12.2 Å². The first kappa shape index (κ1) is 12.1. The molecule has 0 aromatic rings. The maximum absolute atomic E-state index is 11.8. The van der Waals surface area contributed by atoms with Gasteiger partial charge in [-0.2, -0.15) is 0 Å². The molecule has 2 nitrogen and oxygen atoms in total. The van der Waals surface area contributed by atoms with E-state index < -0.39 is 15.2 Å². The molecule has 4 heteroatoms. The minimum absolute atomic E-state index is 0.0209. The summed E-state index contributed by atoms with van der Waals surface area (Å²) in [5.41, 5.74) is 0. The first-order valence-corrected chi connectivity index (χ1v) is 7.63. The van der Waals surface area contributed by atoms with Crippen molar-refractivity contribution in [3.8, 4) is 0 Å². The summed E-state index contributed by atoms with van der Waals surface area (Å²) >= 11 is 0. The van der Waals surface area contributed by atoms with E-state index in [1.165, 1.54) is 0 Å². The quantitative estimate of drug-likeness (QED) is 0.626. The van der Waals surface area contributed by atoms with Crippen LogP contribution in [0, 0.1) is 0 Å². The molecule has 2 atom stereocenters. The van der Waals surface area contributed by atoms with Crippen LogP contribution < -0.4 is 0 Å². The van der Waals surface area contributed by atoms with E-state index in [0.717, 1.165) is 0 Å². The average Bonchev–Trinajstić information content (AvgIpc) is 1.84. The molecule has 0 aliphatic rings. The Morgan fingerprint density at radius 3 is 2.00 bits per heavy atom. The van der Waals surface area contributed by atoms with Crippen LogP contribution in [0.2, 0.25) is 19.6 Å². The van der Waals surface area contributed by atoms with Crippen molar-refractivity contribution >= 4 is 8.32 Å². The van der Waals surface area contributed by atoms with E-state index in [-0.39, 0.29) is 12.2 Å². The van der Waals surface area contributed by atoms with Gasteiger partial charge in [0, 0.05) is 0 Å². The highest BCUT2D eigenvalue weighted by Gasteiger charge is 2.22. The van der Waals surface area contributed by atoms with Crippen molar-refractivity contribution in [3.63, 3.8) is 0 Å². The number of alkyl halides is 1. The summed E-state index contributed by atoms with van der Waals surface area (Å²) in [6, 6.07) is 0. The van der Waals surface area contributed by atoms with E-state index in [1.807, 2.05) is 13.8 Å². The molecule has 0 heterocycles. The Bertz CT molecular complexity index is 125. The molecule has 2 unspecified atom stereocenters. The van der Waals surface area contributed by atoms with E-state index in [1.54, 1.807) is 0 Å². The van der Waals surface area contributed by atoms with Gasteiger partial charge in [-0.05, 0) is 33.5 Å². The maximum atomic E-state index is 11.8. The minimum atomic E-state index is -1.51. The largest absolute Gasteiger partial charge is 0.412 e. The van der Waals surface area contributed by atoms with Crippen molar-refractivity contribution in [2.24, 2.45) is 0 Å². The lowest BCUT2D eigenvalue weighted by molar-refractivity contribution is -0.0478. The fraction of sp³-hybridized carbons (Fsp3) is 1.00. The molecule has 0 radical (unpaired) electrons. The molecule has 0 spiro atoms. The summed E-state index contributed by atoms with van der Waals surface area (Å²) in [5.74, 6) is 0. The van der Waals surface area contributed by atoms with Crippen LogP contribution in [0.25, 0.3) is 0 Å². The highest BCUT2D eigenvalue weighted by molar-refractivity contribution is 6.69. The first-order chi connectivity index (χ1) is 5.37. The monoisotopic (exact) mass is 194 g/mol. The van der Waals surface area contributed by atoms with Crippen LogP contribution in [0.1, 0.15) is 13.8 Å². The van der Waals surface area contributed by atoms with Gasteiger partial charge in [0.2, 0.25) is 0 Å². The Balaban J connectivity index is 3.78. The zero-order valence-electron chi connectivity index (χ0n) is 8.56. The summed E-state index contributed by atoms with van der Waals surface area (Å²) in [6.45, 7) is 9.31.